The van der Waals surface area contributed by atoms with E-state index in [4.69, 9.17) is 15.8 Å². The van der Waals surface area contributed by atoms with E-state index in [1.54, 1.807) is 13.0 Å². The normalized spacial score (nSPS) is 18.1. The van der Waals surface area contributed by atoms with Gasteiger partial charge in [-0.3, -0.25) is 4.79 Å². The van der Waals surface area contributed by atoms with Gasteiger partial charge in [0.1, 0.15) is 17.6 Å². The van der Waals surface area contributed by atoms with E-state index in [1.807, 2.05) is 6.07 Å². The fraction of sp³-hybridized carbons (Fsp3) is 0.263. The molecule has 1 amide bonds. The molecule has 1 heterocycles. The van der Waals surface area contributed by atoms with Crippen molar-refractivity contribution in [3.63, 3.8) is 0 Å². The highest BCUT2D eigenvalue weighted by atomic mass is 19.1. The monoisotopic (exact) mass is 400 g/mol. The van der Waals surface area contributed by atoms with Gasteiger partial charge in [0, 0.05) is 17.8 Å². The second-order valence-corrected chi connectivity index (χ2v) is 6.48. The first-order valence-electron chi connectivity index (χ1n) is 8.68. The molecule has 3 rings (SSSR count). The van der Waals surface area contributed by atoms with Gasteiger partial charge in [0.25, 0.3) is 5.91 Å². The average molecular weight is 400 g/mol. The number of hydrogen-bond donors (Lipinski definition) is 3. The molecule has 1 aromatic heterocycles. The van der Waals surface area contributed by atoms with Crippen LogP contribution in [0.2, 0.25) is 0 Å². The predicted molar refractivity (Wildman–Crippen MR) is 101 cm³/mol. The number of pyridine rings is 1. The maximum absolute atomic E-state index is 14.2. The van der Waals surface area contributed by atoms with Gasteiger partial charge < -0.3 is 15.9 Å². The van der Waals surface area contributed by atoms with Crippen LogP contribution in [0.5, 0.6) is 0 Å². The predicted octanol–water partition coefficient (Wildman–Crippen LogP) is 2.27. The van der Waals surface area contributed by atoms with Crippen LogP contribution in [0.15, 0.2) is 35.5 Å². The highest BCUT2D eigenvalue weighted by molar-refractivity contribution is 6.03. The Bertz CT molecular complexity index is 1000. The minimum Gasteiger partial charge on any atom is -0.371 e. The molecular formula is C19H18F2N6O2. The van der Waals surface area contributed by atoms with Crippen molar-refractivity contribution in [2.75, 3.05) is 12.1 Å². The number of benzene rings is 1. The molecule has 1 aliphatic carbocycles. The van der Waals surface area contributed by atoms with E-state index >= 15 is 0 Å². The van der Waals surface area contributed by atoms with Gasteiger partial charge in [-0.25, -0.2) is 18.8 Å². The molecule has 1 aromatic carbocycles. The average Bonchev–Trinajstić information content (AvgIpc) is 3.47. The van der Waals surface area contributed by atoms with Crippen molar-refractivity contribution in [2.24, 2.45) is 10.7 Å². The summed E-state index contributed by atoms with van der Waals surface area (Å²) in [7, 11) is 0. The highest BCUT2D eigenvalue weighted by Gasteiger charge is 2.41. The number of aryl methyl sites for hydroxylation is 1. The van der Waals surface area contributed by atoms with Crippen LogP contribution >= 0.6 is 0 Å². The Balaban J connectivity index is 1.68. The Kier molecular flexibility index (Phi) is 5.99. The number of amides is 1. The number of nitrogens with zero attached hydrogens (tertiary/aromatic N) is 3. The number of hydrogen-bond acceptors (Lipinski definition) is 6. The van der Waals surface area contributed by atoms with Crippen LogP contribution in [0.3, 0.4) is 0 Å². The van der Waals surface area contributed by atoms with Crippen LogP contribution in [0, 0.1) is 24.1 Å². The lowest BCUT2D eigenvalue weighted by molar-refractivity contribution is 0.102. The van der Waals surface area contributed by atoms with Crippen LogP contribution in [0.4, 0.5) is 14.5 Å². The minimum atomic E-state index is -0.994. The summed E-state index contributed by atoms with van der Waals surface area (Å²) in [5.74, 6) is -1.08. The van der Waals surface area contributed by atoms with Crippen LogP contribution in [0.25, 0.3) is 0 Å². The molecule has 8 nitrogen and oxygen atoms in total. The summed E-state index contributed by atoms with van der Waals surface area (Å²) in [6.45, 7) is 0.683. The number of amidine groups is 1. The van der Waals surface area contributed by atoms with E-state index in [0.717, 1.165) is 0 Å². The van der Waals surface area contributed by atoms with Gasteiger partial charge in [0.05, 0.1) is 11.6 Å². The maximum atomic E-state index is 14.2. The number of carbonyl (C=O) groups excluding carboxylic acids is 1. The number of anilines is 1. The molecule has 0 bridgehead atoms. The van der Waals surface area contributed by atoms with Crippen molar-refractivity contribution < 1.29 is 18.4 Å². The van der Waals surface area contributed by atoms with E-state index < -0.39 is 18.5 Å². The molecule has 2 aromatic rings. The number of rotatable bonds is 6. The maximum Gasteiger partial charge on any atom is 0.304 e. The Hall–Kier alpha value is -3.58. The molecule has 2 atom stereocenters. The molecule has 0 spiro atoms. The first-order chi connectivity index (χ1) is 13.9. The summed E-state index contributed by atoms with van der Waals surface area (Å²) in [6, 6.07) is 7.22. The number of nitriles is 1. The minimum absolute atomic E-state index is 0.178. The molecule has 0 aliphatic heterocycles. The molecule has 29 heavy (non-hydrogen) atoms. The molecule has 10 heteroatoms. The fourth-order valence-corrected chi connectivity index (χ4v) is 2.87. The zero-order valence-corrected chi connectivity index (χ0v) is 15.4. The number of alkyl halides is 1. The van der Waals surface area contributed by atoms with Crippen molar-refractivity contribution in [3.05, 3.63) is 58.7 Å². The van der Waals surface area contributed by atoms with Gasteiger partial charge in [-0.1, -0.05) is 0 Å². The molecule has 0 radical (unpaired) electrons. The van der Waals surface area contributed by atoms with Gasteiger partial charge in [0.2, 0.25) is 0 Å². The largest absolute Gasteiger partial charge is 0.371 e. The van der Waals surface area contributed by atoms with Crippen molar-refractivity contribution in [3.8, 4) is 6.07 Å². The van der Waals surface area contributed by atoms with Crippen molar-refractivity contribution >= 4 is 17.6 Å². The molecule has 1 aliphatic rings. The van der Waals surface area contributed by atoms with E-state index in [0.29, 0.717) is 28.8 Å². The summed E-state index contributed by atoms with van der Waals surface area (Å²) in [5.41, 5.74) is 9.82. The van der Waals surface area contributed by atoms with Gasteiger partial charge >= 0.3 is 6.02 Å². The molecule has 0 saturated heterocycles. The van der Waals surface area contributed by atoms with Crippen LogP contribution in [-0.4, -0.2) is 29.8 Å². The number of nitrogens with two attached hydrogens (primary N) is 1. The molecule has 0 unspecified atom stereocenters. The van der Waals surface area contributed by atoms with Gasteiger partial charge in [-0.15, -0.1) is 5.48 Å². The summed E-state index contributed by atoms with van der Waals surface area (Å²) in [5, 5.41) is 11.6. The van der Waals surface area contributed by atoms with Crippen molar-refractivity contribution in [1.29, 1.82) is 5.26 Å². The number of halogens is 2. The quantitative estimate of drug-likeness (QED) is 0.296. The SMILES string of the molecule is Cc1cc(C#N)cnc1C(=O)Nc1ccc(F)c([C@H]2C[C@H]2NO/C(N)=N\CF)c1. The second-order valence-electron chi connectivity index (χ2n) is 6.48. The van der Waals surface area contributed by atoms with E-state index in [1.165, 1.54) is 24.4 Å². The summed E-state index contributed by atoms with van der Waals surface area (Å²) >= 11 is 0. The standard InChI is InChI=1S/C19H18F2N6O2/c1-10-4-11(7-22)8-24-17(10)18(28)26-12-2-3-15(21)13(5-12)14-6-16(14)27-29-19(23)25-9-20/h2-5,8,14,16,27H,6,9H2,1H3,(H2,23,25)(H,26,28)/t14-,16-/m1/s1. The molecule has 4 N–H and O–H groups in total. The number of nitrogens with one attached hydrogen (secondary N) is 2. The number of hydroxylamine groups is 1. The Morgan fingerprint density at radius 2 is 2.28 bits per heavy atom. The first-order valence-corrected chi connectivity index (χ1v) is 8.68. The summed E-state index contributed by atoms with van der Waals surface area (Å²) in [6.07, 6.45) is 1.89. The molecule has 150 valence electrons. The number of aliphatic imine (C=N–C) groups is 1. The zero-order chi connectivity index (χ0) is 21.0. The third-order valence-corrected chi connectivity index (χ3v) is 4.40. The van der Waals surface area contributed by atoms with E-state index in [-0.39, 0.29) is 23.7 Å². The van der Waals surface area contributed by atoms with Gasteiger partial charge in [0.15, 0.2) is 6.80 Å². The van der Waals surface area contributed by atoms with E-state index in [2.05, 4.69) is 20.8 Å². The van der Waals surface area contributed by atoms with Crippen molar-refractivity contribution in [1.82, 2.24) is 10.5 Å². The van der Waals surface area contributed by atoms with Gasteiger partial charge in [-0.2, -0.15) is 5.26 Å². The Morgan fingerprint density at radius 1 is 1.48 bits per heavy atom. The van der Waals surface area contributed by atoms with Crippen LogP contribution < -0.4 is 16.5 Å². The lowest BCUT2D eigenvalue weighted by Gasteiger charge is -2.10. The Morgan fingerprint density at radius 3 is 2.97 bits per heavy atom. The third-order valence-electron chi connectivity index (χ3n) is 4.40. The topological polar surface area (TPSA) is 125 Å². The van der Waals surface area contributed by atoms with Crippen LogP contribution in [0.1, 0.15) is 39.5 Å². The van der Waals surface area contributed by atoms with Crippen molar-refractivity contribution in [2.45, 2.75) is 25.3 Å². The van der Waals surface area contributed by atoms with Crippen LogP contribution in [-0.2, 0) is 4.84 Å². The highest BCUT2D eigenvalue weighted by Crippen LogP contribution is 2.42. The third kappa shape index (κ3) is 4.83. The summed E-state index contributed by atoms with van der Waals surface area (Å²) < 4.78 is 26.3. The van der Waals surface area contributed by atoms with E-state index in [9.17, 15) is 13.6 Å². The lowest BCUT2D eigenvalue weighted by atomic mass is 10.1. The molecular weight excluding hydrogens is 382 g/mol. The lowest BCUT2D eigenvalue weighted by Crippen LogP contribution is -2.28. The summed E-state index contributed by atoms with van der Waals surface area (Å²) in [4.78, 5) is 24.6. The number of aromatic nitrogens is 1. The molecule has 1 saturated carbocycles. The number of carbonyl (C=O) groups is 1. The Labute approximate surface area is 165 Å². The molecule has 1 fully saturated rings. The second kappa shape index (κ2) is 8.62. The fourth-order valence-electron chi connectivity index (χ4n) is 2.87. The smallest absolute Gasteiger partial charge is 0.304 e. The zero-order valence-electron chi connectivity index (χ0n) is 15.4. The van der Waals surface area contributed by atoms with Gasteiger partial charge in [-0.05, 0) is 48.7 Å². The first kappa shape index (κ1) is 20.2.